The predicted octanol–water partition coefficient (Wildman–Crippen LogP) is 2.87. The predicted molar refractivity (Wildman–Crippen MR) is 69.5 cm³/mol. The van der Waals surface area contributed by atoms with Crippen molar-refractivity contribution in [2.24, 2.45) is 0 Å². The van der Waals surface area contributed by atoms with Crippen molar-refractivity contribution >= 4 is 27.3 Å². The van der Waals surface area contributed by atoms with Crippen molar-refractivity contribution in [3.63, 3.8) is 0 Å². The molecule has 1 aliphatic rings. The summed E-state index contributed by atoms with van der Waals surface area (Å²) in [5.41, 5.74) is 0. The second kappa shape index (κ2) is 5.43. The van der Waals surface area contributed by atoms with Crippen LogP contribution in [0.4, 0.5) is 0 Å². The van der Waals surface area contributed by atoms with Crippen molar-refractivity contribution in [2.75, 3.05) is 26.2 Å². The Morgan fingerprint density at radius 1 is 1.40 bits per heavy atom. The third kappa shape index (κ3) is 3.03. The fraction of sp³-hybridized carbons (Fsp3) is 0.636. The molecule has 1 fully saturated rings. The molecule has 0 aromatic carbocycles. The van der Waals surface area contributed by atoms with Crippen molar-refractivity contribution in [2.45, 2.75) is 19.4 Å². The van der Waals surface area contributed by atoms with Crippen molar-refractivity contribution in [3.8, 4) is 0 Å². The molecule has 1 saturated heterocycles. The number of hydrogen-bond donors (Lipinski definition) is 1. The normalized spacial score (nSPS) is 21.2. The molecule has 2 heterocycles. The Bertz CT molecular complexity index is 305. The average molecular weight is 289 g/mol. The van der Waals surface area contributed by atoms with E-state index in [1.54, 1.807) is 0 Å². The minimum atomic E-state index is 0.557. The van der Waals surface area contributed by atoms with Gasteiger partial charge in [0.15, 0.2) is 0 Å². The lowest BCUT2D eigenvalue weighted by Gasteiger charge is -2.26. The van der Waals surface area contributed by atoms with E-state index in [0.717, 1.165) is 19.6 Å². The van der Waals surface area contributed by atoms with Crippen molar-refractivity contribution in [1.29, 1.82) is 0 Å². The van der Waals surface area contributed by atoms with Gasteiger partial charge in [-0.15, -0.1) is 11.3 Å². The van der Waals surface area contributed by atoms with Crippen LogP contribution >= 0.6 is 27.3 Å². The van der Waals surface area contributed by atoms with Crippen molar-refractivity contribution in [3.05, 3.63) is 20.8 Å². The Morgan fingerprint density at radius 3 is 3.00 bits per heavy atom. The fourth-order valence-corrected chi connectivity index (χ4v) is 3.50. The van der Waals surface area contributed by atoms with E-state index in [2.05, 4.69) is 45.2 Å². The number of thiophene rings is 1. The van der Waals surface area contributed by atoms with Crippen LogP contribution in [-0.2, 0) is 0 Å². The van der Waals surface area contributed by atoms with Gasteiger partial charge in [-0.2, -0.15) is 0 Å². The van der Waals surface area contributed by atoms with Crippen LogP contribution in [0.5, 0.6) is 0 Å². The van der Waals surface area contributed by atoms with E-state index >= 15 is 0 Å². The second-order valence-corrected chi connectivity index (χ2v) is 6.45. The summed E-state index contributed by atoms with van der Waals surface area (Å²) in [7, 11) is 0. The molecule has 4 heteroatoms. The largest absolute Gasteiger partial charge is 0.315 e. The smallest absolute Gasteiger partial charge is 0.0701 e. The van der Waals surface area contributed by atoms with Crippen LogP contribution in [0.15, 0.2) is 15.9 Å². The molecule has 1 aliphatic heterocycles. The lowest BCUT2D eigenvalue weighted by atomic mass is 10.2. The van der Waals surface area contributed by atoms with E-state index in [4.69, 9.17) is 0 Å². The van der Waals surface area contributed by atoms with Gasteiger partial charge in [-0.1, -0.05) is 0 Å². The van der Waals surface area contributed by atoms with Gasteiger partial charge in [0.25, 0.3) is 0 Å². The van der Waals surface area contributed by atoms with E-state index < -0.39 is 0 Å². The number of nitrogens with one attached hydrogen (secondary N) is 1. The van der Waals surface area contributed by atoms with Crippen molar-refractivity contribution in [1.82, 2.24) is 10.2 Å². The summed E-state index contributed by atoms with van der Waals surface area (Å²) in [5.74, 6) is 0. The number of halogens is 1. The van der Waals surface area contributed by atoms with Crippen LogP contribution in [0.2, 0.25) is 0 Å². The first-order chi connectivity index (χ1) is 7.27. The molecule has 0 aliphatic carbocycles. The molecule has 1 aromatic rings. The molecule has 1 N–H and O–H groups in total. The van der Waals surface area contributed by atoms with Gasteiger partial charge < -0.3 is 5.32 Å². The monoisotopic (exact) mass is 288 g/mol. The summed E-state index contributed by atoms with van der Waals surface area (Å²) in [6, 6.07) is 4.94. The van der Waals surface area contributed by atoms with Gasteiger partial charge in [-0.25, -0.2) is 0 Å². The highest BCUT2D eigenvalue weighted by Gasteiger charge is 2.18. The van der Waals surface area contributed by atoms with Crippen LogP contribution in [-0.4, -0.2) is 31.1 Å². The number of hydrogen-bond acceptors (Lipinski definition) is 3. The molecule has 15 heavy (non-hydrogen) atoms. The summed E-state index contributed by atoms with van der Waals surface area (Å²) >= 11 is 5.38. The first kappa shape index (κ1) is 11.6. The van der Waals surface area contributed by atoms with Gasteiger partial charge >= 0.3 is 0 Å². The van der Waals surface area contributed by atoms with Crippen molar-refractivity contribution < 1.29 is 0 Å². The van der Waals surface area contributed by atoms with Gasteiger partial charge in [0.1, 0.15) is 0 Å². The Labute approximate surface area is 104 Å². The fourth-order valence-electron chi connectivity index (χ4n) is 1.99. The molecule has 0 spiro atoms. The van der Waals surface area contributed by atoms with E-state index in [0.29, 0.717) is 6.04 Å². The quantitative estimate of drug-likeness (QED) is 0.900. The topological polar surface area (TPSA) is 15.3 Å². The lowest BCUT2D eigenvalue weighted by molar-refractivity contribution is 0.228. The molecule has 1 unspecified atom stereocenters. The Hall–Kier alpha value is 0.1000. The Morgan fingerprint density at radius 2 is 2.27 bits per heavy atom. The molecule has 1 aromatic heterocycles. The third-order valence-electron chi connectivity index (χ3n) is 2.93. The summed E-state index contributed by atoms with van der Waals surface area (Å²) in [5, 5.41) is 3.44. The maximum absolute atomic E-state index is 3.53. The SMILES string of the molecule is CC(c1ccc(Br)s1)N1CCCNCC1. The van der Waals surface area contributed by atoms with Gasteiger partial charge in [0.05, 0.1) is 3.79 Å². The highest BCUT2D eigenvalue weighted by Crippen LogP contribution is 2.30. The molecule has 0 saturated carbocycles. The number of nitrogens with zero attached hydrogens (tertiary/aromatic N) is 1. The molecule has 0 amide bonds. The van der Waals surface area contributed by atoms with Gasteiger partial charge in [0.2, 0.25) is 0 Å². The molecule has 2 nitrogen and oxygen atoms in total. The van der Waals surface area contributed by atoms with E-state index in [1.807, 2.05) is 11.3 Å². The van der Waals surface area contributed by atoms with Crippen LogP contribution in [0, 0.1) is 0 Å². The first-order valence-corrected chi connectivity index (χ1v) is 7.08. The van der Waals surface area contributed by atoms with Gasteiger partial charge in [-0.05, 0) is 48.0 Å². The summed E-state index contributed by atoms with van der Waals surface area (Å²) in [6.07, 6.45) is 1.26. The molecule has 0 radical (unpaired) electrons. The first-order valence-electron chi connectivity index (χ1n) is 5.47. The van der Waals surface area contributed by atoms with E-state index in [9.17, 15) is 0 Å². The highest BCUT2D eigenvalue weighted by molar-refractivity contribution is 9.11. The maximum Gasteiger partial charge on any atom is 0.0701 e. The summed E-state index contributed by atoms with van der Waals surface area (Å²) < 4.78 is 1.23. The molecular formula is C11H17BrN2S. The Kier molecular flexibility index (Phi) is 4.20. The molecule has 84 valence electrons. The minimum absolute atomic E-state index is 0.557. The zero-order valence-electron chi connectivity index (χ0n) is 9.00. The standard InChI is InChI=1S/C11H17BrN2S/c1-9(10-3-4-11(12)15-10)14-7-2-5-13-6-8-14/h3-4,9,13H,2,5-8H2,1H3. The maximum atomic E-state index is 3.53. The van der Waals surface area contributed by atoms with Crippen LogP contribution in [0.1, 0.15) is 24.3 Å². The molecular weight excluding hydrogens is 272 g/mol. The zero-order chi connectivity index (χ0) is 10.7. The second-order valence-electron chi connectivity index (χ2n) is 3.96. The summed E-state index contributed by atoms with van der Waals surface area (Å²) in [6.45, 7) is 6.97. The van der Waals surface area contributed by atoms with Crippen LogP contribution in [0.3, 0.4) is 0 Å². The highest BCUT2D eigenvalue weighted by atomic mass is 79.9. The van der Waals surface area contributed by atoms with Crippen LogP contribution in [0.25, 0.3) is 0 Å². The minimum Gasteiger partial charge on any atom is -0.315 e. The van der Waals surface area contributed by atoms with Gasteiger partial charge in [-0.3, -0.25) is 4.90 Å². The Balaban J connectivity index is 2.02. The molecule has 2 rings (SSSR count). The zero-order valence-corrected chi connectivity index (χ0v) is 11.4. The molecule has 1 atom stereocenters. The number of rotatable bonds is 2. The van der Waals surface area contributed by atoms with E-state index in [-0.39, 0.29) is 0 Å². The average Bonchev–Trinajstić information content (AvgIpc) is 2.53. The molecule has 0 bridgehead atoms. The van der Waals surface area contributed by atoms with E-state index in [1.165, 1.54) is 21.6 Å². The lowest BCUT2D eigenvalue weighted by Crippen LogP contribution is -2.30. The van der Waals surface area contributed by atoms with Crippen LogP contribution < -0.4 is 5.32 Å². The van der Waals surface area contributed by atoms with Gasteiger partial charge in [0, 0.05) is 30.6 Å². The summed E-state index contributed by atoms with van der Waals surface area (Å²) in [4.78, 5) is 4.03. The third-order valence-corrected chi connectivity index (χ3v) is 4.72.